The van der Waals surface area contributed by atoms with E-state index in [1.165, 1.54) is 4.57 Å². The van der Waals surface area contributed by atoms with Crippen LogP contribution in [0.15, 0.2) is 40.8 Å². The summed E-state index contributed by atoms with van der Waals surface area (Å²) in [5, 5.41) is 30.2. The van der Waals surface area contributed by atoms with Crippen LogP contribution in [0.2, 0.25) is 0 Å². The number of carbonyl (C=O) groups excluding carboxylic acids is 1. The number of thiazole rings is 1. The molecule has 1 aromatic heterocycles. The Kier molecular flexibility index (Phi) is 9.61. The van der Waals surface area contributed by atoms with Gasteiger partial charge in [0, 0.05) is 25.0 Å². The van der Waals surface area contributed by atoms with E-state index < -0.39 is 5.91 Å². The van der Waals surface area contributed by atoms with Gasteiger partial charge in [-0.2, -0.15) is 10.5 Å². The van der Waals surface area contributed by atoms with Gasteiger partial charge in [0.05, 0.1) is 19.4 Å². The Morgan fingerprint density at radius 1 is 1.31 bits per heavy atom. The molecule has 36 heavy (non-hydrogen) atoms. The fraction of sp³-hybridized carbons (Fsp3) is 0.292. The van der Waals surface area contributed by atoms with Gasteiger partial charge in [0.15, 0.2) is 10.7 Å². The number of amides is 1. The highest BCUT2D eigenvalue weighted by Gasteiger charge is 2.11. The number of anilines is 1. The number of nitrogens with one attached hydrogen (secondary N) is 4. The zero-order chi connectivity index (χ0) is 25.9. The quantitative estimate of drug-likeness (QED) is 0.159. The monoisotopic (exact) mass is 520 g/mol. The van der Waals surface area contributed by atoms with E-state index in [4.69, 9.17) is 17.5 Å². The smallest absolute Gasteiger partial charge is 0.277 e. The molecule has 0 saturated carbocycles. The molecule has 184 valence electrons. The second-order valence-electron chi connectivity index (χ2n) is 7.52. The molecule has 0 aliphatic carbocycles. The molecule has 0 radical (unpaired) electrons. The Bertz CT molecular complexity index is 1470. The van der Waals surface area contributed by atoms with E-state index in [9.17, 15) is 14.9 Å². The number of aromatic nitrogens is 1. The van der Waals surface area contributed by atoms with Crippen LogP contribution in [0.5, 0.6) is 0 Å². The first-order valence-corrected chi connectivity index (χ1v) is 12.3. The van der Waals surface area contributed by atoms with Crippen molar-refractivity contribution in [2.24, 2.45) is 0 Å². The van der Waals surface area contributed by atoms with Crippen LogP contribution in [0.1, 0.15) is 12.5 Å². The molecule has 10 nitrogen and oxygen atoms in total. The van der Waals surface area contributed by atoms with Gasteiger partial charge in [0.2, 0.25) is 0 Å². The van der Waals surface area contributed by atoms with Crippen LogP contribution < -0.4 is 36.0 Å². The molecular weight excluding hydrogens is 496 g/mol. The van der Waals surface area contributed by atoms with Crippen molar-refractivity contribution < 1.29 is 4.79 Å². The van der Waals surface area contributed by atoms with Gasteiger partial charge < -0.3 is 21.3 Å². The summed E-state index contributed by atoms with van der Waals surface area (Å²) in [4.78, 5) is 27.0. The summed E-state index contributed by atoms with van der Waals surface area (Å²) in [6.45, 7) is 4.18. The van der Waals surface area contributed by atoms with Gasteiger partial charge >= 0.3 is 0 Å². The number of carbonyl (C=O) groups is 1. The standard InChI is InChI=1S/C24H24N8O2S2/c1-2-32-21(13-18(14-26)22(33)28-10-8-25)36-20(23(32)34)6-9-27-19-5-3-4-17(12-19)7-11-31-15-29-24(35)30-16-31/h3-5,9,12,27H,2,7,10-11,15-16H2,1H3,(H,28,33)(H2,29,30,35). The van der Waals surface area contributed by atoms with Crippen molar-refractivity contribution in [1.29, 1.82) is 10.5 Å². The lowest BCUT2D eigenvalue weighted by molar-refractivity contribution is -0.116. The van der Waals surface area contributed by atoms with Crippen LogP contribution in [0, 0.1) is 22.7 Å². The minimum absolute atomic E-state index is 0.230. The summed E-state index contributed by atoms with van der Waals surface area (Å²) in [6, 6.07) is 11.5. The van der Waals surface area contributed by atoms with Gasteiger partial charge in [-0.3, -0.25) is 19.1 Å². The molecule has 1 saturated heterocycles. The first-order valence-electron chi connectivity index (χ1n) is 11.1. The van der Waals surface area contributed by atoms with Crippen LogP contribution in [0.25, 0.3) is 11.5 Å². The third-order valence-electron chi connectivity index (χ3n) is 5.11. The van der Waals surface area contributed by atoms with E-state index in [1.807, 2.05) is 18.2 Å². The van der Waals surface area contributed by atoms with E-state index >= 15 is 0 Å². The van der Waals surface area contributed by atoms with Gasteiger partial charge in [0.1, 0.15) is 21.8 Å². The SMILES string of the molecule is CCn1c(=C=C(C#N)C(=O)NCC#N)sc(=C=CNc2cccc(CCN3CNC(=S)NC3)c2)c1=O. The van der Waals surface area contributed by atoms with E-state index in [0.29, 0.717) is 34.2 Å². The van der Waals surface area contributed by atoms with Crippen molar-refractivity contribution in [3.63, 3.8) is 0 Å². The van der Waals surface area contributed by atoms with Gasteiger partial charge in [-0.15, -0.1) is 0 Å². The Hall–Kier alpha value is -4.15. The van der Waals surface area contributed by atoms with E-state index in [2.05, 4.69) is 43.7 Å². The van der Waals surface area contributed by atoms with Crippen LogP contribution in [-0.2, 0) is 17.8 Å². The molecule has 1 amide bonds. The predicted molar refractivity (Wildman–Crippen MR) is 142 cm³/mol. The Morgan fingerprint density at radius 3 is 2.78 bits per heavy atom. The van der Waals surface area contributed by atoms with Crippen molar-refractivity contribution in [2.75, 3.05) is 31.7 Å². The summed E-state index contributed by atoms with van der Waals surface area (Å²) >= 11 is 6.14. The number of thiocarbonyl (C=S) groups is 1. The minimum Gasteiger partial charge on any atom is -0.355 e. The number of nitriles is 2. The highest BCUT2D eigenvalue weighted by atomic mass is 32.1. The normalized spacial score (nSPS) is 12.6. The Balaban J connectivity index is 1.80. The molecule has 0 atom stereocenters. The number of nitrogens with zero attached hydrogens (tertiary/aromatic N) is 4. The predicted octanol–water partition coefficient (Wildman–Crippen LogP) is -0.359. The lowest BCUT2D eigenvalue weighted by Crippen LogP contribution is -2.54. The van der Waals surface area contributed by atoms with Crippen LogP contribution in [-0.4, -0.2) is 46.9 Å². The molecule has 0 unspecified atom stereocenters. The molecule has 3 rings (SSSR count). The average Bonchev–Trinajstić information content (AvgIpc) is 3.19. The zero-order valence-corrected chi connectivity index (χ0v) is 21.2. The first kappa shape index (κ1) is 26.5. The highest BCUT2D eigenvalue weighted by Crippen LogP contribution is 2.11. The van der Waals surface area contributed by atoms with Crippen molar-refractivity contribution in [2.45, 2.75) is 19.9 Å². The lowest BCUT2D eigenvalue weighted by Gasteiger charge is -2.29. The van der Waals surface area contributed by atoms with Crippen molar-refractivity contribution in [3.8, 4) is 12.1 Å². The zero-order valence-electron chi connectivity index (χ0n) is 19.6. The van der Waals surface area contributed by atoms with Gasteiger partial charge in [-0.25, -0.2) is 0 Å². The topological polar surface area (TPSA) is 138 Å². The Morgan fingerprint density at radius 2 is 2.08 bits per heavy atom. The van der Waals surface area contributed by atoms with Gasteiger partial charge in [-0.1, -0.05) is 34.9 Å². The number of hydrogen-bond acceptors (Lipinski definition) is 8. The molecule has 0 spiro atoms. The second kappa shape index (κ2) is 13.1. The Labute approximate surface area is 217 Å². The molecule has 0 bridgehead atoms. The minimum atomic E-state index is -0.721. The fourth-order valence-electron chi connectivity index (χ4n) is 3.26. The number of hydrogen-bond donors (Lipinski definition) is 4. The molecular formula is C24H24N8O2S2. The highest BCUT2D eigenvalue weighted by molar-refractivity contribution is 7.80. The maximum atomic E-state index is 12.7. The third kappa shape index (κ3) is 7.17. The fourth-order valence-corrected chi connectivity index (χ4v) is 4.38. The summed E-state index contributed by atoms with van der Waals surface area (Å²) in [6.07, 6.45) is 2.42. The molecule has 12 heteroatoms. The molecule has 2 aromatic rings. The average molecular weight is 521 g/mol. The summed E-state index contributed by atoms with van der Waals surface area (Å²) in [5.74, 6) is -0.721. The summed E-state index contributed by atoms with van der Waals surface area (Å²) in [5.41, 5.74) is 7.07. The maximum Gasteiger partial charge on any atom is 0.277 e. The molecule has 2 heterocycles. The molecule has 1 aliphatic heterocycles. The third-order valence-corrected chi connectivity index (χ3v) is 6.41. The summed E-state index contributed by atoms with van der Waals surface area (Å²) in [7, 11) is 0. The molecule has 1 aliphatic rings. The molecule has 1 fully saturated rings. The molecule has 1 aromatic carbocycles. The largest absolute Gasteiger partial charge is 0.355 e. The van der Waals surface area contributed by atoms with Crippen molar-refractivity contribution in [3.05, 3.63) is 61.2 Å². The van der Waals surface area contributed by atoms with Crippen LogP contribution >= 0.6 is 23.6 Å². The van der Waals surface area contributed by atoms with E-state index in [0.717, 1.165) is 35.6 Å². The first-order chi connectivity index (χ1) is 17.4. The van der Waals surface area contributed by atoms with Crippen LogP contribution in [0.3, 0.4) is 0 Å². The van der Waals surface area contributed by atoms with E-state index in [-0.39, 0.29) is 17.7 Å². The van der Waals surface area contributed by atoms with E-state index in [1.54, 1.807) is 25.3 Å². The van der Waals surface area contributed by atoms with Gasteiger partial charge in [-0.05, 0) is 43.3 Å². The molecule has 4 N–H and O–H groups in total. The van der Waals surface area contributed by atoms with Crippen LogP contribution in [0.4, 0.5) is 5.69 Å². The summed E-state index contributed by atoms with van der Waals surface area (Å²) < 4.78 is 2.04. The maximum absolute atomic E-state index is 12.7. The number of rotatable bonds is 8. The second-order valence-corrected chi connectivity index (χ2v) is 8.92. The van der Waals surface area contributed by atoms with Crippen molar-refractivity contribution in [1.82, 2.24) is 25.4 Å². The number of benzene rings is 1. The van der Waals surface area contributed by atoms with Crippen molar-refractivity contribution >= 4 is 51.7 Å². The lowest BCUT2D eigenvalue weighted by atomic mass is 10.1. The van der Waals surface area contributed by atoms with Gasteiger partial charge in [0.25, 0.3) is 11.5 Å².